The molecule has 0 radical (unpaired) electrons. The standard InChI is InChI=1S/C29H24BrClF2N4O4/c1-41-20-10-8-19(9-11-20)37-25(27(38)34-24(26(32)33)17-5-3-2-4-6-17)23-16-35(13-14-36(23)29(37)40)28(39)18-7-12-21(30)22(31)15-18/h2-12,15,24,26H,13-14,16H2,1H3,(H,34,38)/t24-/m0/s1. The predicted molar refractivity (Wildman–Crippen MR) is 153 cm³/mol. The number of carbonyl (C=O) groups excluding carboxylic acids is 2. The number of rotatable bonds is 7. The first-order valence-corrected chi connectivity index (χ1v) is 13.7. The summed E-state index contributed by atoms with van der Waals surface area (Å²) >= 11 is 9.50. The highest BCUT2D eigenvalue weighted by Gasteiger charge is 2.34. The van der Waals surface area contributed by atoms with Crippen LogP contribution in [-0.2, 0) is 13.1 Å². The molecule has 1 aliphatic rings. The van der Waals surface area contributed by atoms with E-state index < -0.39 is 24.1 Å². The Morgan fingerprint density at radius 2 is 1.73 bits per heavy atom. The lowest BCUT2D eigenvalue weighted by molar-refractivity contribution is 0.0697. The zero-order valence-corrected chi connectivity index (χ0v) is 24.0. The molecule has 0 fully saturated rings. The van der Waals surface area contributed by atoms with Crippen LogP contribution in [0.15, 0.2) is 82.1 Å². The smallest absolute Gasteiger partial charge is 0.333 e. The zero-order chi connectivity index (χ0) is 29.3. The van der Waals surface area contributed by atoms with Gasteiger partial charge in [-0.05, 0) is 64.0 Å². The van der Waals surface area contributed by atoms with Crippen LogP contribution in [0.5, 0.6) is 5.75 Å². The van der Waals surface area contributed by atoms with Gasteiger partial charge in [-0.2, -0.15) is 0 Å². The van der Waals surface area contributed by atoms with E-state index in [1.165, 1.54) is 39.3 Å². The minimum atomic E-state index is -2.92. The maximum absolute atomic E-state index is 14.2. The maximum Gasteiger partial charge on any atom is 0.333 e. The van der Waals surface area contributed by atoms with Crippen LogP contribution in [-0.4, -0.2) is 45.9 Å². The van der Waals surface area contributed by atoms with Gasteiger partial charge in [0, 0.05) is 23.1 Å². The second-order valence-corrected chi connectivity index (χ2v) is 10.6. The topological polar surface area (TPSA) is 85.6 Å². The van der Waals surface area contributed by atoms with Gasteiger partial charge in [-0.1, -0.05) is 41.9 Å². The van der Waals surface area contributed by atoms with Crippen molar-refractivity contribution >= 4 is 39.3 Å². The van der Waals surface area contributed by atoms with Gasteiger partial charge in [0.1, 0.15) is 17.5 Å². The van der Waals surface area contributed by atoms with Crippen molar-refractivity contribution < 1.29 is 23.1 Å². The van der Waals surface area contributed by atoms with Crippen molar-refractivity contribution in [3.05, 3.63) is 115 Å². The molecule has 0 saturated carbocycles. The molecule has 2 heterocycles. The molecule has 0 unspecified atom stereocenters. The Kier molecular flexibility index (Phi) is 8.27. The largest absolute Gasteiger partial charge is 0.497 e. The normalized spacial score (nSPS) is 13.6. The number of ether oxygens (including phenoxy) is 1. The summed E-state index contributed by atoms with van der Waals surface area (Å²) in [5, 5.41) is 2.78. The molecular formula is C29H24BrClF2N4O4. The van der Waals surface area contributed by atoms with Crippen molar-refractivity contribution in [2.45, 2.75) is 25.6 Å². The number of halogens is 4. The number of carbonyl (C=O) groups is 2. The Morgan fingerprint density at radius 1 is 1.02 bits per heavy atom. The fourth-order valence-corrected chi connectivity index (χ4v) is 5.24. The molecule has 212 valence electrons. The summed E-state index contributed by atoms with van der Waals surface area (Å²) < 4.78 is 36.7. The molecular weight excluding hydrogens is 622 g/mol. The van der Waals surface area contributed by atoms with Gasteiger partial charge in [0.25, 0.3) is 18.2 Å². The van der Waals surface area contributed by atoms with Crippen molar-refractivity contribution in [2.24, 2.45) is 0 Å². The zero-order valence-electron chi connectivity index (χ0n) is 21.7. The van der Waals surface area contributed by atoms with Crippen LogP contribution >= 0.6 is 27.5 Å². The van der Waals surface area contributed by atoms with E-state index in [4.69, 9.17) is 16.3 Å². The highest BCUT2D eigenvalue weighted by molar-refractivity contribution is 9.10. The Labute approximate surface area is 247 Å². The quantitative estimate of drug-likeness (QED) is 0.290. The Hall–Kier alpha value is -3.96. The van der Waals surface area contributed by atoms with E-state index in [9.17, 15) is 23.2 Å². The summed E-state index contributed by atoms with van der Waals surface area (Å²) in [7, 11) is 1.50. The number of imidazole rings is 1. The van der Waals surface area contributed by atoms with Crippen molar-refractivity contribution in [1.29, 1.82) is 0 Å². The monoisotopic (exact) mass is 644 g/mol. The van der Waals surface area contributed by atoms with E-state index in [1.807, 2.05) is 0 Å². The van der Waals surface area contributed by atoms with Gasteiger partial charge in [-0.15, -0.1) is 0 Å². The third-order valence-corrected chi connectivity index (χ3v) is 8.11. The highest BCUT2D eigenvalue weighted by atomic mass is 79.9. The van der Waals surface area contributed by atoms with Crippen LogP contribution in [0.1, 0.15) is 38.1 Å². The Bertz CT molecular complexity index is 1660. The molecule has 4 aromatic rings. The minimum Gasteiger partial charge on any atom is -0.497 e. The number of nitrogens with zero attached hydrogens (tertiary/aromatic N) is 3. The fraction of sp³-hybridized carbons (Fsp3) is 0.207. The first-order chi connectivity index (χ1) is 19.7. The number of aromatic nitrogens is 2. The summed E-state index contributed by atoms with van der Waals surface area (Å²) in [5.74, 6) is -0.693. The summed E-state index contributed by atoms with van der Waals surface area (Å²) in [5.41, 5.74) is 0.457. The molecule has 1 atom stereocenters. The molecule has 0 aliphatic carbocycles. The number of hydrogen-bond acceptors (Lipinski definition) is 4. The molecule has 5 rings (SSSR count). The molecule has 41 heavy (non-hydrogen) atoms. The SMILES string of the molecule is COc1ccc(-n2c(C(=O)N[C@@H](c3ccccc3)C(F)F)c3n(c2=O)CCN(C(=O)c2ccc(Br)c(Cl)c2)C3)cc1. The van der Waals surface area contributed by atoms with E-state index in [2.05, 4.69) is 21.2 Å². The van der Waals surface area contributed by atoms with Crippen molar-refractivity contribution in [3.8, 4) is 11.4 Å². The second-order valence-electron chi connectivity index (χ2n) is 9.31. The summed E-state index contributed by atoms with van der Waals surface area (Å²) in [4.78, 5) is 42.3. The van der Waals surface area contributed by atoms with Gasteiger partial charge in [0.2, 0.25) is 0 Å². The average Bonchev–Trinajstić information content (AvgIpc) is 3.28. The van der Waals surface area contributed by atoms with Gasteiger partial charge in [-0.3, -0.25) is 18.7 Å². The Morgan fingerprint density at radius 3 is 2.37 bits per heavy atom. The molecule has 1 aliphatic heterocycles. The van der Waals surface area contributed by atoms with Crippen molar-refractivity contribution in [3.63, 3.8) is 0 Å². The molecule has 3 aromatic carbocycles. The average molecular weight is 646 g/mol. The molecule has 0 saturated heterocycles. The fourth-order valence-electron chi connectivity index (χ4n) is 4.81. The van der Waals surface area contributed by atoms with E-state index in [1.54, 1.807) is 54.6 Å². The van der Waals surface area contributed by atoms with Crippen LogP contribution in [0, 0.1) is 0 Å². The van der Waals surface area contributed by atoms with Gasteiger partial charge >= 0.3 is 5.69 Å². The number of nitrogens with one attached hydrogen (secondary N) is 1. The number of benzene rings is 3. The highest BCUT2D eigenvalue weighted by Crippen LogP contribution is 2.27. The van der Waals surface area contributed by atoms with Gasteiger partial charge in [0.15, 0.2) is 0 Å². The lowest BCUT2D eigenvalue weighted by Gasteiger charge is -2.28. The maximum atomic E-state index is 14.2. The van der Waals surface area contributed by atoms with Gasteiger partial charge in [0.05, 0.1) is 30.1 Å². The third kappa shape index (κ3) is 5.64. The number of amides is 2. The van der Waals surface area contributed by atoms with Crippen molar-refractivity contribution in [1.82, 2.24) is 19.4 Å². The number of methoxy groups -OCH3 is 1. The predicted octanol–water partition coefficient (Wildman–Crippen LogP) is 5.46. The molecule has 1 aromatic heterocycles. The van der Waals surface area contributed by atoms with Gasteiger partial charge < -0.3 is 15.0 Å². The molecule has 2 amide bonds. The summed E-state index contributed by atoms with van der Waals surface area (Å²) in [6.07, 6.45) is -2.92. The minimum absolute atomic E-state index is 0.0989. The lowest BCUT2D eigenvalue weighted by Crippen LogP contribution is -2.41. The first kappa shape index (κ1) is 28.6. The number of hydrogen-bond donors (Lipinski definition) is 1. The van der Waals surface area contributed by atoms with E-state index in [0.29, 0.717) is 26.5 Å². The van der Waals surface area contributed by atoms with Crippen LogP contribution in [0.3, 0.4) is 0 Å². The third-order valence-electron chi connectivity index (χ3n) is 6.88. The van der Waals surface area contributed by atoms with Crippen LogP contribution in [0.4, 0.5) is 8.78 Å². The number of fused-ring (bicyclic) bond motifs is 1. The summed E-state index contributed by atoms with van der Waals surface area (Å²) in [6.45, 7) is 0.194. The molecule has 12 heteroatoms. The molecule has 1 N–H and O–H groups in total. The first-order valence-electron chi connectivity index (χ1n) is 12.6. The lowest BCUT2D eigenvalue weighted by atomic mass is 10.1. The number of alkyl halides is 2. The van der Waals surface area contributed by atoms with Gasteiger partial charge in [-0.25, -0.2) is 13.6 Å². The van der Waals surface area contributed by atoms with Crippen LogP contribution in [0.2, 0.25) is 5.02 Å². The van der Waals surface area contributed by atoms with E-state index in [0.717, 1.165) is 0 Å². The summed E-state index contributed by atoms with van der Waals surface area (Å²) in [6, 6.07) is 17.5. The van der Waals surface area contributed by atoms with Crippen molar-refractivity contribution in [2.75, 3.05) is 13.7 Å². The van der Waals surface area contributed by atoms with Crippen LogP contribution < -0.4 is 15.7 Å². The second kappa shape index (κ2) is 11.9. The van der Waals surface area contributed by atoms with E-state index >= 15 is 0 Å². The Balaban J connectivity index is 1.58. The molecule has 0 bridgehead atoms. The van der Waals surface area contributed by atoms with E-state index in [-0.39, 0.29) is 42.5 Å². The molecule has 0 spiro atoms. The van der Waals surface area contributed by atoms with Crippen LogP contribution in [0.25, 0.3) is 5.69 Å². The molecule has 8 nitrogen and oxygen atoms in total.